The molecule has 0 spiro atoms. The predicted molar refractivity (Wildman–Crippen MR) is 85.4 cm³/mol. The highest BCUT2D eigenvalue weighted by atomic mass is 16.2. The minimum atomic E-state index is 0.242. The van der Waals surface area contributed by atoms with Crippen molar-refractivity contribution in [3.63, 3.8) is 0 Å². The van der Waals surface area contributed by atoms with Gasteiger partial charge in [0, 0.05) is 19.5 Å². The first kappa shape index (κ1) is 17.5. The van der Waals surface area contributed by atoms with Gasteiger partial charge in [-0.2, -0.15) is 0 Å². The van der Waals surface area contributed by atoms with Gasteiger partial charge in [0.1, 0.15) is 0 Å². The molecule has 1 amide bonds. The maximum absolute atomic E-state index is 12.4. The molecule has 1 aliphatic rings. The molecule has 1 unspecified atom stereocenters. The molecule has 1 rings (SSSR count). The summed E-state index contributed by atoms with van der Waals surface area (Å²) in [5.74, 6) is 1.68. The Hall–Kier alpha value is -0.570. The quantitative estimate of drug-likeness (QED) is 0.704. The lowest BCUT2D eigenvalue weighted by molar-refractivity contribution is -0.132. The van der Waals surface area contributed by atoms with Gasteiger partial charge in [0.15, 0.2) is 0 Å². The smallest absolute Gasteiger partial charge is 0.222 e. The summed E-state index contributed by atoms with van der Waals surface area (Å²) in [5.41, 5.74) is 5.96. The molecule has 0 bridgehead atoms. The molecule has 1 atom stereocenters. The molecule has 118 valence electrons. The van der Waals surface area contributed by atoms with Crippen molar-refractivity contribution in [1.82, 2.24) is 4.90 Å². The van der Waals surface area contributed by atoms with E-state index in [4.69, 9.17) is 5.73 Å². The van der Waals surface area contributed by atoms with Crippen molar-refractivity contribution in [3.05, 3.63) is 0 Å². The minimum Gasteiger partial charge on any atom is -0.342 e. The topological polar surface area (TPSA) is 46.3 Å². The number of carbonyl (C=O) groups excluding carboxylic acids is 1. The van der Waals surface area contributed by atoms with E-state index in [1.54, 1.807) is 0 Å². The van der Waals surface area contributed by atoms with Crippen LogP contribution in [0.2, 0.25) is 0 Å². The van der Waals surface area contributed by atoms with E-state index >= 15 is 0 Å². The molecule has 0 aromatic carbocycles. The summed E-state index contributed by atoms with van der Waals surface area (Å²) in [7, 11) is 0. The van der Waals surface area contributed by atoms with Gasteiger partial charge in [-0.15, -0.1) is 0 Å². The lowest BCUT2D eigenvalue weighted by Crippen LogP contribution is -2.34. The molecule has 3 heteroatoms. The summed E-state index contributed by atoms with van der Waals surface area (Å²) in [6.07, 6.45) is 6.37. The number of nitrogens with two attached hydrogens (primary N) is 1. The Bertz CT molecular complexity index is 292. The zero-order valence-corrected chi connectivity index (χ0v) is 14.0. The number of carbonyl (C=O) groups is 1. The molecule has 0 saturated heterocycles. The van der Waals surface area contributed by atoms with Crippen LogP contribution in [0.25, 0.3) is 0 Å². The molecule has 20 heavy (non-hydrogen) atoms. The molecule has 3 nitrogen and oxygen atoms in total. The van der Waals surface area contributed by atoms with Gasteiger partial charge in [0.05, 0.1) is 0 Å². The monoisotopic (exact) mass is 282 g/mol. The standard InChI is InChI=1S/C17H34N2O/c1-5-12-19(13-14-6-7-14)16(20)9-8-15(10-11-18)17(2,3)4/h14-15H,5-13,18H2,1-4H3. The molecule has 2 N–H and O–H groups in total. The molecular weight excluding hydrogens is 248 g/mol. The van der Waals surface area contributed by atoms with Gasteiger partial charge >= 0.3 is 0 Å². The van der Waals surface area contributed by atoms with Crippen LogP contribution in [0, 0.1) is 17.3 Å². The molecule has 1 fully saturated rings. The van der Waals surface area contributed by atoms with Gasteiger partial charge < -0.3 is 10.6 Å². The summed E-state index contributed by atoms with van der Waals surface area (Å²) in [6, 6.07) is 0. The molecule has 0 radical (unpaired) electrons. The normalized spacial score (nSPS) is 17.1. The molecule has 1 aliphatic carbocycles. The van der Waals surface area contributed by atoms with E-state index < -0.39 is 0 Å². The average Bonchev–Trinajstić information content (AvgIpc) is 3.16. The van der Waals surface area contributed by atoms with Crippen LogP contribution in [-0.2, 0) is 4.79 Å². The SMILES string of the molecule is CCCN(CC1CC1)C(=O)CCC(CCN)C(C)(C)C. The molecular formula is C17H34N2O. The van der Waals surface area contributed by atoms with Crippen molar-refractivity contribution >= 4 is 5.91 Å². The first-order valence-corrected chi connectivity index (χ1v) is 8.36. The molecule has 0 aromatic rings. The van der Waals surface area contributed by atoms with E-state index in [0.717, 1.165) is 44.8 Å². The minimum absolute atomic E-state index is 0.242. The van der Waals surface area contributed by atoms with E-state index in [1.165, 1.54) is 12.8 Å². The number of hydrogen-bond acceptors (Lipinski definition) is 2. The predicted octanol–water partition coefficient (Wildman–Crippen LogP) is 3.43. The van der Waals surface area contributed by atoms with Crippen LogP contribution >= 0.6 is 0 Å². The lowest BCUT2D eigenvalue weighted by Gasteiger charge is -2.31. The van der Waals surface area contributed by atoms with Gasteiger partial charge in [-0.25, -0.2) is 0 Å². The summed E-state index contributed by atoms with van der Waals surface area (Å²) in [5, 5.41) is 0. The number of nitrogens with zero attached hydrogens (tertiary/aromatic N) is 1. The van der Waals surface area contributed by atoms with Crippen LogP contribution in [0.4, 0.5) is 0 Å². The van der Waals surface area contributed by atoms with Gasteiger partial charge in [0.2, 0.25) is 5.91 Å². The lowest BCUT2D eigenvalue weighted by atomic mass is 9.76. The van der Waals surface area contributed by atoms with Gasteiger partial charge in [-0.3, -0.25) is 4.79 Å². The maximum Gasteiger partial charge on any atom is 0.222 e. The van der Waals surface area contributed by atoms with Crippen molar-refractivity contribution < 1.29 is 4.79 Å². The fourth-order valence-corrected chi connectivity index (χ4v) is 2.87. The van der Waals surface area contributed by atoms with E-state index in [-0.39, 0.29) is 5.41 Å². The first-order chi connectivity index (χ1) is 9.38. The van der Waals surface area contributed by atoms with Gasteiger partial charge in [-0.05, 0) is 55.9 Å². The Morgan fingerprint density at radius 1 is 1.30 bits per heavy atom. The van der Waals surface area contributed by atoms with Gasteiger partial charge in [0.25, 0.3) is 0 Å². The molecule has 1 saturated carbocycles. The summed E-state index contributed by atoms with van der Waals surface area (Å²) in [6.45, 7) is 11.6. The van der Waals surface area contributed by atoms with Crippen molar-refractivity contribution in [3.8, 4) is 0 Å². The Kier molecular flexibility index (Phi) is 7.01. The van der Waals surface area contributed by atoms with E-state index in [2.05, 4.69) is 32.6 Å². The second-order valence-electron chi connectivity index (χ2n) is 7.46. The third-order valence-corrected chi connectivity index (χ3v) is 4.47. The zero-order valence-electron chi connectivity index (χ0n) is 14.0. The molecule has 0 aromatic heterocycles. The Balaban J connectivity index is 2.44. The molecule has 0 heterocycles. The maximum atomic E-state index is 12.4. The van der Waals surface area contributed by atoms with Crippen LogP contribution in [0.1, 0.15) is 66.2 Å². The van der Waals surface area contributed by atoms with Crippen LogP contribution < -0.4 is 5.73 Å². The zero-order chi connectivity index (χ0) is 15.2. The Morgan fingerprint density at radius 2 is 1.95 bits per heavy atom. The fraction of sp³-hybridized carbons (Fsp3) is 0.941. The number of rotatable bonds is 9. The highest BCUT2D eigenvalue weighted by molar-refractivity contribution is 5.76. The third-order valence-electron chi connectivity index (χ3n) is 4.47. The van der Waals surface area contributed by atoms with Crippen molar-refractivity contribution in [2.75, 3.05) is 19.6 Å². The van der Waals surface area contributed by atoms with Crippen LogP contribution in [-0.4, -0.2) is 30.4 Å². The van der Waals surface area contributed by atoms with Crippen LogP contribution in [0.15, 0.2) is 0 Å². The van der Waals surface area contributed by atoms with Crippen molar-refractivity contribution in [1.29, 1.82) is 0 Å². The first-order valence-electron chi connectivity index (χ1n) is 8.36. The highest BCUT2D eigenvalue weighted by Gasteiger charge is 2.28. The summed E-state index contributed by atoms with van der Waals surface area (Å²) < 4.78 is 0. The fourth-order valence-electron chi connectivity index (χ4n) is 2.87. The summed E-state index contributed by atoms with van der Waals surface area (Å²) >= 11 is 0. The summed E-state index contributed by atoms with van der Waals surface area (Å²) in [4.78, 5) is 14.5. The number of hydrogen-bond donors (Lipinski definition) is 1. The molecule has 0 aliphatic heterocycles. The van der Waals surface area contributed by atoms with E-state index in [1.807, 2.05) is 0 Å². The average molecular weight is 282 g/mol. The van der Waals surface area contributed by atoms with Crippen molar-refractivity contribution in [2.45, 2.75) is 66.2 Å². The van der Waals surface area contributed by atoms with Gasteiger partial charge in [-0.1, -0.05) is 27.7 Å². The van der Waals surface area contributed by atoms with Crippen LogP contribution in [0.5, 0.6) is 0 Å². The van der Waals surface area contributed by atoms with Crippen molar-refractivity contribution in [2.24, 2.45) is 23.0 Å². The highest BCUT2D eigenvalue weighted by Crippen LogP contribution is 2.33. The Morgan fingerprint density at radius 3 is 2.40 bits per heavy atom. The van der Waals surface area contributed by atoms with Crippen LogP contribution in [0.3, 0.4) is 0 Å². The second-order valence-corrected chi connectivity index (χ2v) is 7.46. The second kappa shape index (κ2) is 8.02. The number of amides is 1. The van der Waals surface area contributed by atoms with E-state index in [0.29, 0.717) is 18.2 Å². The third kappa shape index (κ3) is 6.25. The van der Waals surface area contributed by atoms with E-state index in [9.17, 15) is 4.79 Å². The Labute approximate surface area is 125 Å². The largest absolute Gasteiger partial charge is 0.342 e.